The van der Waals surface area contributed by atoms with E-state index in [1.807, 2.05) is 25.1 Å². The van der Waals surface area contributed by atoms with E-state index in [0.717, 1.165) is 15.6 Å². The van der Waals surface area contributed by atoms with Crippen molar-refractivity contribution in [1.29, 1.82) is 0 Å². The van der Waals surface area contributed by atoms with Gasteiger partial charge in [-0.1, -0.05) is 28.1 Å². The largest absolute Gasteiger partial charge is 0.480 e. The summed E-state index contributed by atoms with van der Waals surface area (Å²) in [4.78, 5) is 19.7. The van der Waals surface area contributed by atoms with Crippen molar-refractivity contribution in [1.82, 2.24) is 9.97 Å². The van der Waals surface area contributed by atoms with Crippen molar-refractivity contribution < 1.29 is 9.53 Å². The lowest BCUT2D eigenvalue weighted by Crippen LogP contribution is -2.16. The maximum absolute atomic E-state index is 11.7. The minimum atomic E-state index is -0.677. The van der Waals surface area contributed by atoms with Gasteiger partial charge in [0.05, 0.1) is 12.8 Å². The summed E-state index contributed by atoms with van der Waals surface area (Å²) in [6.07, 6.45) is 0. The molecule has 104 valence electrons. The van der Waals surface area contributed by atoms with Gasteiger partial charge in [0.2, 0.25) is 11.2 Å². The number of methoxy groups -OCH3 is 1. The van der Waals surface area contributed by atoms with Crippen LogP contribution in [0.15, 0.2) is 22.7 Å². The third kappa shape index (κ3) is 2.62. The van der Waals surface area contributed by atoms with Crippen molar-refractivity contribution in [3.63, 3.8) is 0 Å². The molecule has 2 aromatic rings. The van der Waals surface area contributed by atoms with E-state index in [1.165, 1.54) is 7.11 Å². The zero-order chi connectivity index (χ0) is 14.9. The number of hydrogen-bond donors (Lipinski definition) is 1. The highest BCUT2D eigenvalue weighted by Crippen LogP contribution is 2.35. The summed E-state index contributed by atoms with van der Waals surface area (Å²) >= 11 is 9.33. The number of rotatable bonds is 3. The molecule has 1 aromatic carbocycles. The van der Waals surface area contributed by atoms with Crippen molar-refractivity contribution in [2.75, 3.05) is 7.11 Å². The fourth-order valence-corrected chi connectivity index (χ4v) is 2.71. The summed E-state index contributed by atoms with van der Waals surface area (Å²) in [7, 11) is 1.39. The van der Waals surface area contributed by atoms with E-state index in [4.69, 9.17) is 22.1 Å². The zero-order valence-electron chi connectivity index (χ0n) is 10.8. The Hall–Kier alpha value is -1.66. The Bertz CT molecular complexity index is 671. The summed E-state index contributed by atoms with van der Waals surface area (Å²) < 4.78 is 5.85. The molecule has 0 spiro atoms. The van der Waals surface area contributed by atoms with Gasteiger partial charge in [0, 0.05) is 10.0 Å². The van der Waals surface area contributed by atoms with E-state index in [1.54, 1.807) is 0 Å². The van der Waals surface area contributed by atoms with Crippen LogP contribution in [0.3, 0.4) is 0 Å². The second-order valence-corrected chi connectivity index (χ2v) is 5.21. The number of halogens is 2. The molecule has 1 heterocycles. The third-order valence-corrected chi connectivity index (χ3v) is 3.58. The quantitative estimate of drug-likeness (QED) is 0.858. The Morgan fingerprint density at radius 2 is 2.10 bits per heavy atom. The van der Waals surface area contributed by atoms with E-state index in [2.05, 4.69) is 25.9 Å². The number of nitrogens with zero attached hydrogens (tertiary/aromatic N) is 2. The number of primary amides is 1. The number of amides is 1. The molecule has 0 saturated carbocycles. The van der Waals surface area contributed by atoms with Gasteiger partial charge in [-0.05, 0) is 30.2 Å². The van der Waals surface area contributed by atoms with Crippen molar-refractivity contribution in [3.05, 3.63) is 39.1 Å². The number of nitrogens with two attached hydrogens (primary N) is 1. The molecule has 1 aromatic heterocycles. The maximum Gasteiger partial charge on any atom is 0.256 e. The molecule has 0 bridgehead atoms. The van der Waals surface area contributed by atoms with E-state index in [0.29, 0.717) is 5.69 Å². The van der Waals surface area contributed by atoms with Crippen LogP contribution in [0.4, 0.5) is 0 Å². The predicted molar refractivity (Wildman–Crippen MR) is 80.0 cm³/mol. The van der Waals surface area contributed by atoms with Crippen LogP contribution in [0.25, 0.3) is 11.3 Å². The number of benzene rings is 1. The molecular formula is C13H11BrClN3O2. The lowest BCUT2D eigenvalue weighted by molar-refractivity contribution is 0.0997. The lowest BCUT2D eigenvalue weighted by atomic mass is 10.0. The molecule has 0 atom stereocenters. The molecule has 0 aliphatic rings. The first-order valence-corrected chi connectivity index (χ1v) is 6.79. The molecule has 1 amide bonds. The van der Waals surface area contributed by atoms with Gasteiger partial charge < -0.3 is 10.5 Å². The minimum Gasteiger partial charge on any atom is -0.480 e. The van der Waals surface area contributed by atoms with Gasteiger partial charge in [-0.25, -0.2) is 4.98 Å². The van der Waals surface area contributed by atoms with Crippen molar-refractivity contribution in [3.8, 4) is 17.1 Å². The van der Waals surface area contributed by atoms with Crippen LogP contribution in [-0.4, -0.2) is 23.0 Å². The number of aryl methyl sites for hydroxylation is 1. The topological polar surface area (TPSA) is 78.1 Å². The van der Waals surface area contributed by atoms with Crippen LogP contribution in [0.2, 0.25) is 5.28 Å². The molecule has 20 heavy (non-hydrogen) atoms. The van der Waals surface area contributed by atoms with Crippen molar-refractivity contribution >= 4 is 33.4 Å². The van der Waals surface area contributed by atoms with Crippen LogP contribution >= 0.6 is 27.5 Å². The van der Waals surface area contributed by atoms with Gasteiger partial charge in [-0.2, -0.15) is 4.98 Å². The van der Waals surface area contributed by atoms with E-state index in [9.17, 15) is 4.79 Å². The van der Waals surface area contributed by atoms with Crippen molar-refractivity contribution in [2.45, 2.75) is 6.92 Å². The van der Waals surface area contributed by atoms with Gasteiger partial charge >= 0.3 is 0 Å². The highest BCUT2D eigenvalue weighted by atomic mass is 79.9. The summed E-state index contributed by atoms with van der Waals surface area (Å²) in [6.45, 7) is 1.90. The zero-order valence-corrected chi connectivity index (χ0v) is 13.1. The van der Waals surface area contributed by atoms with Crippen LogP contribution in [0.5, 0.6) is 5.88 Å². The molecule has 7 heteroatoms. The van der Waals surface area contributed by atoms with Crippen LogP contribution in [0, 0.1) is 6.92 Å². The van der Waals surface area contributed by atoms with E-state index in [-0.39, 0.29) is 16.7 Å². The molecule has 0 aliphatic carbocycles. The Balaban J connectivity index is 2.86. The second-order valence-electron chi connectivity index (χ2n) is 4.02. The molecule has 2 rings (SSSR count). The smallest absolute Gasteiger partial charge is 0.256 e. The highest BCUT2D eigenvalue weighted by Gasteiger charge is 2.23. The monoisotopic (exact) mass is 355 g/mol. The van der Waals surface area contributed by atoms with Gasteiger partial charge in [0.15, 0.2) is 0 Å². The summed E-state index contributed by atoms with van der Waals surface area (Å²) in [5, 5.41) is -0.0167. The first-order valence-electron chi connectivity index (χ1n) is 5.62. The molecule has 0 fully saturated rings. The van der Waals surface area contributed by atoms with Gasteiger partial charge in [0.1, 0.15) is 5.56 Å². The van der Waals surface area contributed by atoms with Gasteiger partial charge in [-0.15, -0.1) is 0 Å². The number of carbonyl (C=O) groups is 1. The normalized spacial score (nSPS) is 10.4. The number of ether oxygens (including phenoxy) is 1. The number of carbonyl (C=O) groups excluding carboxylic acids is 1. The van der Waals surface area contributed by atoms with E-state index >= 15 is 0 Å². The first kappa shape index (κ1) is 14.7. The summed E-state index contributed by atoms with van der Waals surface area (Å²) in [5.74, 6) is -0.619. The van der Waals surface area contributed by atoms with Crippen LogP contribution in [0.1, 0.15) is 15.9 Å². The highest BCUT2D eigenvalue weighted by molar-refractivity contribution is 9.10. The fraction of sp³-hybridized carbons (Fsp3) is 0.154. The summed E-state index contributed by atoms with van der Waals surface area (Å²) in [5.41, 5.74) is 7.51. The van der Waals surface area contributed by atoms with Crippen LogP contribution in [-0.2, 0) is 0 Å². The molecule has 5 nitrogen and oxygen atoms in total. The average Bonchev–Trinajstić information content (AvgIpc) is 2.37. The van der Waals surface area contributed by atoms with Gasteiger partial charge in [-0.3, -0.25) is 4.79 Å². The SMILES string of the molecule is COc1nc(Cl)nc(-c2c(C)cccc2Br)c1C(N)=O. The average molecular weight is 357 g/mol. The Morgan fingerprint density at radius 1 is 1.40 bits per heavy atom. The summed E-state index contributed by atoms with van der Waals surface area (Å²) in [6, 6.07) is 5.62. The number of hydrogen-bond acceptors (Lipinski definition) is 4. The molecular weight excluding hydrogens is 346 g/mol. The predicted octanol–water partition coefficient (Wildman–Crippen LogP) is 2.98. The maximum atomic E-state index is 11.7. The Kier molecular flexibility index (Phi) is 4.25. The van der Waals surface area contributed by atoms with Crippen LogP contribution < -0.4 is 10.5 Å². The third-order valence-electron chi connectivity index (χ3n) is 2.75. The van der Waals surface area contributed by atoms with Crippen molar-refractivity contribution in [2.24, 2.45) is 5.73 Å². The molecule has 2 N–H and O–H groups in total. The number of aromatic nitrogens is 2. The second kappa shape index (κ2) is 5.76. The fourth-order valence-electron chi connectivity index (χ4n) is 1.90. The standard InChI is InChI=1S/C13H11BrClN3O2/c1-6-4-3-5-7(14)8(6)10-9(11(16)19)12(20-2)18-13(15)17-10/h3-5H,1-2H3,(H2,16,19). The molecule has 0 saturated heterocycles. The van der Waals surface area contributed by atoms with E-state index < -0.39 is 5.91 Å². The Morgan fingerprint density at radius 3 is 2.65 bits per heavy atom. The Labute approximate surface area is 129 Å². The lowest BCUT2D eigenvalue weighted by Gasteiger charge is -2.13. The van der Waals surface area contributed by atoms with Gasteiger partial charge in [0.25, 0.3) is 5.91 Å². The molecule has 0 radical (unpaired) electrons. The molecule has 0 unspecified atom stereocenters. The molecule has 0 aliphatic heterocycles. The first-order chi connectivity index (χ1) is 9.45. The minimum absolute atomic E-state index is 0.0167.